The number of hydrogen-bond donors (Lipinski definition) is 1. The highest BCUT2D eigenvalue weighted by molar-refractivity contribution is 5.19. The molecule has 0 saturated heterocycles. The zero-order valence-corrected chi connectivity index (χ0v) is 11.1. The summed E-state index contributed by atoms with van der Waals surface area (Å²) >= 11 is 0. The van der Waals surface area contributed by atoms with Gasteiger partial charge in [-0.3, -0.25) is 0 Å². The molecule has 4 nitrogen and oxygen atoms in total. The maximum absolute atomic E-state index is 5.11. The maximum Gasteiger partial charge on any atom is 0.240 e. The summed E-state index contributed by atoms with van der Waals surface area (Å²) in [6, 6.07) is 10.7. The second-order valence-corrected chi connectivity index (χ2v) is 4.75. The number of rotatable bonds is 5. The highest BCUT2D eigenvalue weighted by Gasteiger charge is 2.16. The van der Waals surface area contributed by atoms with E-state index in [1.54, 1.807) is 0 Å². The van der Waals surface area contributed by atoms with Crippen molar-refractivity contribution in [1.82, 2.24) is 15.5 Å². The Morgan fingerprint density at radius 2 is 1.94 bits per heavy atom. The van der Waals surface area contributed by atoms with E-state index in [1.165, 1.54) is 5.56 Å². The summed E-state index contributed by atoms with van der Waals surface area (Å²) < 4.78 is 5.11. The van der Waals surface area contributed by atoms with Crippen LogP contribution < -0.4 is 5.32 Å². The lowest BCUT2D eigenvalue weighted by molar-refractivity contribution is 0.336. The SMILES string of the molecule is Cc1noc(CNC(c2ccccc2)C(C)C)n1. The average Bonchev–Trinajstić information content (AvgIpc) is 2.76. The van der Waals surface area contributed by atoms with Crippen LogP contribution in [0.4, 0.5) is 0 Å². The van der Waals surface area contributed by atoms with Gasteiger partial charge in [-0.2, -0.15) is 4.98 Å². The second-order valence-electron chi connectivity index (χ2n) is 4.75. The van der Waals surface area contributed by atoms with Crippen LogP contribution in [0.15, 0.2) is 34.9 Å². The Bertz CT molecular complexity index is 479. The minimum absolute atomic E-state index is 0.290. The van der Waals surface area contributed by atoms with Crippen molar-refractivity contribution in [2.24, 2.45) is 5.92 Å². The molecule has 2 rings (SSSR count). The first-order valence-electron chi connectivity index (χ1n) is 6.24. The van der Waals surface area contributed by atoms with Crippen molar-refractivity contribution in [3.8, 4) is 0 Å². The van der Waals surface area contributed by atoms with E-state index in [9.17, 15) is 0 Å². The Kier molecular flexibility index (Phi) is 4.10. The molecule has 0 fully saturated rings. The number of nitrogens with zero attached hydrogens (tertiary/aromatic N) is 2. The number of nitrogens with one attached hydrogen (secondary N) is 1. The van der Waals surface area contributed by atoms with Crippen LogP contribution in [0.5, 0.6) is 0 Å². The average molecular weight is 245 g/mol. The minimum Gasteiger partial charge on any atom is -0.338 e. The van der Waals surface area contributed by atoms with E-state index >= 15 is 0 Å². The third-order valence-electron chi connectivity index (χ3n) is 2.87. The van der Waals surface area contributed by atoms with Gasteiger partial charge in [-0.15, -0.1) is 0 Å². The van der Waals surface area contributed by atoms with E-state index in [-0.39, 0.29) is 0 Å². The van der Waals surface area contributed by atoms with Crippen molar-refractivity contribution < 1.29 is 4.52 Å². The number of benzene rings is 1. The minimum atomic E-state index is 0.290. The third kappa shape index (κ3) is 3.17. The van der Waals surface area contributed by atoms with Crippen molar-refractivity contribution in [3.05, 3.63) is 47.6 Å². The Hall–Kier alpha value is -1.68. The molecule has 0 aliphatic rings. The highest BCUT2D eigenvalue weighted by Crippen LogP contribution is 2.21. The van der Waals surface area contributed by atoms with Crippen molar-refractivity contribution in [3.63, 3.8) is 0 Å². The smallest absolute Gasteiger partial charge is 0.240 e. The molecule has 0 bridgehead atoms. The van der Waals surface area contributed by atoms with Crippen LogP contribution in [-0.2, 0) is 6.54 Å². The molecule has 0 aliphatic carbocycles. The Morgan fingerprint density at radius 3 is 2.50 bits per heavy atom. The fourth-order valence-corrected chi connectivity index (χ4v) is 2.01. The molecule has 0 aliphatic heterocycles. The van der Waals surface area contributed by atoms with Crippen LogP contribution in [0.1, 0.15) is 37.2 Å². The largest absolute Gasteiger partial charge is 0.338 e. The maximum atomic E-state index is 5.11. The number of hydrogen-bond acceptors (Lipinski definition) is 4. The fraction of sp³-hybridized carbons (Fsp3) is 0.429. The molecule has 1 N–H and O–H groups in total. The topological polar surface area (TPSA) is 51.0 Å². The normalized spacial score (nSPS) is 12.9. The Balaban J connectivity index is 2.03. The van der Waals surface area contributed by atoms with Crippen LogP contribution in [0.2, 0.25) is 0 Å². The lowest BCUT2D eigenvalue weighted by atomic mass is 9.96. The summed E-state index contributed by atoms with van der Waals surface area (Å²) in [6.45, 7) is 6.82. The molecule has 1 atom stereocenters. The molecule has 96 valence electrons. The molecule has 0 radical (unpaired) electrons. The van der Waals surface area contributed by atoms with Crippen molar-refractivity contribution in [1.29, 1.82) is 0 Å². The van der Waals surface area contributed by atoms with Gasteiger partial charge in [-0.05, 0) is 18.4 Å². The molecular formula is C14H19N3O. The predicted molar refractivity (Wildman–Crippen MR) is 69.9 cm³/mol. The zero-order valence-electron chi connectivity index (χ0n) is 11.1. The number of aromatic nitrogens is 2. The summed E-state index contributed by atoms with van der Waals surface area (Å²) in [4.78, 5) is 4.20. The quantitative estimate of drug-likeness (QED) is 0.880. The summed E-state index contributed by atoms with van der Waals surface area (Å²) in [6.07, 6.45) is 0. The first-order valence-corrected chi connectivity index (χ1v) is 6.24. The Morgan fingerprint density at radius 1 is 1.22 bits per heavy atom. The van der Waals surface area contributed by atoms with E-state index in [2.05, 4.69) is 53.6 Å². The second kappa shape index (κ2) is 5.78. The van der Waals surface area contributed by atoms with Gasteiger partial charge in [0.25, 0.3) is 0 Å². The van der Waals surface area contributed by atoms with Crippen molar-refractivity contribution >= 4 is 0 Å². The van der Waals surface area contributed by atoms with Crippen LogP contribution in [0.3, 0.4) is 0 Å². The summed E-state index contributed by atoms with van der Waals surface area (Å²) in [7, 11) is 0. The summed E-state index contributed by atoms with van der Waals surface area (Å²) in [5.41, 5.74) is 1.28. The van der Waals surface area contributed by atoms with Gasteiger partial charge in [0.1, 0.15) is 0 Å². The fourth-order valence-electron chi connectivity index (χ4n) is 2.01. The summed E-state index contributed by atoms with van der Waals surface area (Å²) in [5.74, 6) is 1.80. The van der Waals surface area contributed by atoms with Crippen molar-refractivity contribution in [2.75, 3.05) is 0 Å². The van der Waals surface area contributed by atoms with Crippen LogP contribution in [0, 0.1) is 12.8 Å². The molecule has 0 spiro atoms. The van der Waals surface area contributed by atoms with E-state index in [0.29, 0.717) is 30.2 Å². The predicted octanol–water partition coefficient (Wildman–Crippen LogP) is 2.86. The van der Waals surface area contributed by atoms with Gasteiger partial charge in [0, 0.05) is 6.04 Å². The van der Waals surface area contributed by atoms with E-state index in [1.807, 2.05) is 13.0 Å². The van der Waals surface area contributed by atoms with Crippen LogP contribution >= 0.6 is 0 Å². The van der Waals surface area contributed by atoms with E-state index in [0.717, 1.165) is 0 Å². The van der Waals surface area contributed by atoms with Gasteiger partial charge < -0.3 is 9.84 Å². The molecule has 1 aromatic heterocycles. The first kappa shape index (κ1) is 12.8. The first-order chi connectivity index (χ1) is 8.66. The molecule has 1 unspecified atom stereocenters. The monoisotopic (exact) mass is 245 g/mol. The molecule has 18 heavy (non-hydrogen) atoms. The van der Waals surface area contributed by atoms with Crippen LogP contribution in [-0.4, -0.2) is 10.1 Å². The van der Waals surface area contributed by atoms with Gasteiger partial charge in [-0.25, -0.2) is 0 Å². The van der Waals surface area contributed by atoms with Gasteiger partial charge in [0.15, 0.2) is 5.82 Å². The molecule has 1 aromatic carbocycles. The van der Waals surface area contributed by atoms with Gasteiger partial charge in [0.2, 0.25) is 5.89 Å². The standard InChI is InChI=1S/C14H19N3O/c1-10(2)14(12-7-5-4-6-8-12)15-9-13-16-11(3)17-18-13/h4-8,10,14-15H,9H2,1-3H3. The van der Waals surface area contributed by atoms with Crippen molar-refractivity contribution in [2.45, 2.75) is 33.4 Å². The lowest BCUT2D eigenvalue weighted by Crippen LogP contribution is -2.25. The molecular weight excluding hydrogens is 226 g/mol. The highest BCUT2D eigenvalue weighted by atomic mass is 16.5. The van der Waals surface area contributed by atoms with E-state index in [4.69, 9.17) is 4.52 Å². The third-order valence-corrected chi connectivity index (χ3v) is 2.87. The molecule has 1 heterocycles. The van der Waals surface area contributed by atoms with Crippen LogP contribution in [0.25, 0.3) is 0 Å². The zero-order chi connectivity index (χ0) is 13.0. The van der Waals surface area contributed by atoms with Gasteiger partial charge in [0.05, 0.1) is 6.54 Å². The molecule has 4 heteroatoms. The van der Waals surface area contributed by atoms with Gasteiger partial charge >= 0.3 is 0 Å². The van der Waals surface area contributed by atoms with Gasteiger partial charge in [-0.1, -0.05) is 49.3 Å². The number of aryl methyl sites for hydroxylation is 1. The van der Waals surface area contributed by atoms with E-state index < -0.39 is 0 Å². The molecule has 0 amide bonds. The summed E-state index contributed by atoms with van der Waals surface area (Å²) in [5, 5.41) is 7.25. The Labute approximate surface area is 107 Å². The molecule has 0 saturated carbocycles. The lowest BCUT2D eigenvalue weighted by Gasteiger charge is -2.22. The molecule has 2 aromatic rings.